The molecule has 2 nitrogen and oxygen atoms in total. The first-order chi connectivity index (χ1) is 7.90. The number of halogens is 6. The molecule has 1 aromatic rings. The molecule has 92 valence electrons. The maximum Gasteiger partial charge on any atom is 0.206 e. The summed E-state index contributed by atoms with van der Waals surface area (Å²) in [5, 5.41) is 6.97. The number of hydrogen-bond acceptors (Lipinski definition) is 2. The Hall–Kier alpha value is -1.55. The first-order valence-corrected chi connectivity index (χ1v) is 4.51. The van der Waals surface area contributed by atoms with Gasteiger partial charge >= 0.3 is 0 Å². The van der Waals surface area contributed by atoms with Crippen LogP contribution in [0.1, 0.15) is 0 Å². The number of alkyl halides is 1. The fraction of sp³-hybridized carbons (Fsp3) is 0.222. The molecular formula is C9H3ClF5NO. The monoisotopic (exact) mass is 271 g/mol. The van der Waals surface area contributed by atoms with Crippen molar-refractivity contribution in [1.82, 2.24) is 0 Å². The number of ether oxygens (including phenoxy) is 1. The molecule has 0 aliphatic carbocycles. The predicted octanol–water partition coefficient (Wildman–Crippen LogP) is 2.89. The molecule has 0 saturated carbocycles. The molecule has 1 rings (SSSR count). The molecule has 0 bridgehead atoms. The van der Waals surface area contributed by atoms with E-state index in [0.717, 1.165) is 0 Å². The first kappa shape index (κ1) is 13.5. The standard InChI is InChI=1S/C9H3ClF5NO/c10-3(1-16)2-17-9-7(14)5(12)4(11)6(13)8(9)15/h3H,2H2. The van der Waals surface area contributed by atoms with E-state index in [-0.39, 0.29) is 0 Å². The summed E-state index contributed by atoms with van der Waals surface area (Å²) in [6.07, 6.45) is 0. The van der Waals surface area contributed by atoms with Crippen LogP contribution >= 0.6 is 11.6 Å². The van der Waals surface area contributed by atoms with Gasteiger partial charge in [0.15, 0.2) is 11.1 Å². The van der Waals surface area contributed by atoms with Gasteiger partial charge in [-0.1, -0.05) is 0 Å². The zero-order valence-corrected chi connectivity index (χ0v) is 8.66. The van der Waals surface area contributed by atoms with E-state index >= 15 is 0 Å². The zero-order chi connectivity index (χ0) is 13.2. The Morgan fingerprint density at radius 1 is 1.00 bits per heavy atom. The second-order valence-electron chi connectivity index (χ2n) is 2.81. The Kier molecular flexibility index (Phi) is 4.12. The molecule has 0 radical (unpaired) electrons. The van der Waals surface area contributed by atoms with Crippen LogP contribution in [0.2, 0.25) is 0 Å². The second kappa shape index (κ2) is 5.19. The molecule has 1 aromatic carbocycles. The summed E-state index contributed by atoms with van der Waals surface area (Å²) in [5.41, 5.74) is 0. The van der Waals surface area contributed by atoms with Crippen molar-refractivity contribution in [1.29, 1.82) is 5.26 Å². The van der Waals surface area contributed by atoms with Crippen molar-refractivity contribution in [2.45, 2.75) is 5.38 Å². The Morgan fingerprint density at radius 3 is 1.82 bits per heavy atom. The van der Waals surface area contributed by atoms with Gasteiger partial charge in [0.2, 0.25) is 29.1 Å². The van der Waals surface area contributed by atoms with Crippen molar-refractivity contribution < 1.29 is 26.7 Å². The fourth-order valence-electron chi connectivity index (χ4n) is 0.905. The van der Waals surface area contributed by atoms with E-state index in [9.17, 15) is 22.0 Å². The van der Waals surface area contributed by atoms with Gasteiger partial charge in [-0.3, -0.25) is 0 Å². The molecular weight excluding hydrogens is 269 g/mol. The lowest BCUT2D eigenvalue weighted by Gasteiger charge is -2.10. The quantitative estimate of drug-likeness (QED) is 0.366. The van der Waals surface area contributed by atoms with E-state index in [2.05, 4.69) is 4.74 Å². The molecule has 0 saturated heterocycles. The fourth-order valence-corrected chi connectivity index (χ4v) is 0.968. The highest BCUT2D eigenvalue weighted by atomic mass is 35.5. The van der Waals surface area contributed by atoms with Crippen molar-refractivity contribution in [3.63, 3.8) is 0 Å². The van der Waals surface area contributed by atoms with Crippen LogP contribution in [-0.4, -0.2) is 12.0 Å². The van der Waals surface area contributed by atoms with E-state index in [1.807, 2.05) is 0 Å². The van der Waals surface area contributed by atoms with E-state index in [0.29, 0.717) is 0 Å². The highest BCUT2D eigenvalue weighted by molar-refractivity contribution is 6.22. The zero-order valence-electron chi connectivity index (χ0n) is 7.91. The van der Waals surface area contributed by atoms with Crippen molar-refractivity contribution >= 4 is 11.6 Å². The highest BCUT2D eigenvalue weighted by Gasteiger charge is 2.27. The average molecular weight is 272 g/mol. The lowest BCUT2D eigenvalue weighted by atomic mass is 10.2. The van der Waals surface area contributed by atoms with Crippen LogP contribution in [0.3, 0.4) is 0 Å². The summed E-state index contributed by atoms with van der Waals surface area (Å²) in [4.78, 5) is 0. The Labute approximate surface area is 97.2 Å². The Balaban J connectivity index is 3.13. The topological polar surface area (TPSA) is 33.0 Å². The lowest BCUT2D eigenvalue weighted by Crippen LogP contribution is -2.13. The van der Waals surface area contributed by atoms with Crippen LogP contribution in [0.4, 0.5) is 22.0 Å². The number of benzene rings is 1. The van der Waals surface area contributed by atoms with Crippen molar-refractivity contribution in [2.75, 3.05) is 6.61 Å². The van der Waals surface area contributed by atoms with Gasteiger partial charge in [0.05, 0.1) is 6.07 Å². The third kappa shape index (κ3) is 2.58. The third-order valence-electron chi connectivity index (χ3n) is 1.68. The molecule has 0 heterocycles. The summed E-state index contributed by atoms with van der Waals surface area (Å²) >= 11 is 5.24. The van der Waals surface area contributed by atoms with Gasteiger partial charge in [0.25, 0.3) is 0 Å². The molecule has 0 N–H and O–H groups in total. The summed E-state index contributed by atoms with van der Waals surface area (Å²) in [6.45, 7) is -0.712. The maximum atomic E-state index is 13.0. The first-order valence-electron chi connectivity index (χ1n) is 4.08. The van der Waals surface area contributed by atoms with E-state index < -0.39 is 46.8 Å². The van der Waals surface area contributed by atoms with E-state index in [1.54, 1.807) is 0 Å². The van der Waals surface area contributed by atoms with Gasteiger partial charge < -0.3 is 4.74 Å². The number of nitriles is 1. The van der Waals surface area contributed by atoms with Crippen LogP contribution < -0.4 is 4.74 Å². The molecule has 0 spiro atoms. The van der Waals surface area contributed by atoms with Crippen LogP contribution in [0, 0.1) is 40.4 Å². The van der Waals surface area contributed by atoms with E-state index in [4.69, 9.17) is 16.9 Å². The molecule has 1 unspecified atom stereocenters. The van der Waals surface area contributed by atoms with Gasteiger partial charge in [0, 0.05) is 0 Å². The molecule has 17 heavy (non-hydrogen) atoms. The molecule has 0 fully saturated rings. The number of hydrogen-bond donors (Lipinski definition) is 0. The van der Waals surface area contributed by atoms with Gasteiger partial charge in [-0.05, 0) is 0 Å². The molecule has 1 atom stereocenters. The Morgan fingerprint density at radius 2 is 1.41 bits per heavy atom. The number of nitrogens with zero attached hydrogens (tertiary/aromatic N) is 1. The van der Waals surface area contributed by atoms with E-state index in [1.165, 1.54) is 6.07 Å². The van der Waals surface area contributed by atoms with Gasteiger partial charge in [-0.2, -0.15) is 14.0 Å². The highest BCUT2D eigenvalue weighted by Crippen LogP contribution is 2.29. The van der Waals surface area contributed by atoms with Gasteiger partial charge in [-0.25, -0.2) is 13.2 Å². The number of rotatable bonds is 3. The summed E-state index contributed by atoms with van der Waals surface area (Å²) in [7, 11) is 0. The smallest absolute Gasteiger partial charge is 0.206 e. The minimum absolute atomic E-state index is 0.712. The normalized spacial score (nSPS) is 12.1. The van der Waals surface area contributed by atoms with Crippen LogP contribution in [0.15, 0.2) is 0 Å². The van der Waals surface area contributed by atoms with Crippen LogP contribution in [0.5, 0.6) is 5.75 Å². The SMILES string of the molecule is N#CC(Cl)COc1c(F)c(F)c(F)c(F)c1F. The third-order valence-corrected chi connectivity index (χ3v) is 1.91. The molecule has 0 aromatic heterocycles. The van der Waals surface area contributed by atoms with Gasteiger partial charge in [-0.15, -0.1) is 11.6 Å². The molecule has 0 amide bonds. The predicted molar refractivity (Wildman–Crippen MR) is 47.0 cm³/mol. The second-order valence-corrected chi connectivity index (χ2v) is 3.33. The summed E-state index contributed by atoms with van der Waals surface area (Å²) in [6, 6.07) is 1.45. The minimum atomic E-state index is -2.28. The minimum Gasteiger partial charge on any atom is -0.485 e. The van der Waals surface area contributed by atoms with Crippen molar-refractivity contribution in [3.8, 4) is 11.8 Å². The van der Waals surface area contributed by atoms with Crippen LogP contribution in [0.25, 0.3) is 0 Å². The molecule has 8 heteroatoms. The maximum absolute atomic E-state index is 13.0. The van der Waals surface area contributed by atoms with Crippen LogP contribution in [-0.2, 0) is 0 Å². The van der Waals surface area contributed by atoms with Crippen molar-refractivity contribution in [2.24, 2.45) is 0 Å². The largest absolute Gasteiger partial charge is 0.485 e. The Bertz CT molecular complexity index is 458. The molecule has 0 aliphatic rings. The van der Waals surface area contributed by atoms with Crippen molar-refractivity contribution in [3.05, 3.63) is 29.1 Å². The lowest BCUT2D eigenvalue weighted by molar-refractivity contribution is 0.269. The average Bonchev–Trinajstić information content (AvgIpc) is 2.33. The van der Waals surface area contributed by atoms with Gasteiger partial charge in [0.1, 0.15) is 6.61 Å². The summed E-state index contributed by atoms with van der Waals surface area (Å²) in [5.74, 6) is -12.2. The molecule has 0 aliphatic heterocycles. The summed E-state index contributed by atoms with van der Waals surface area (Å²) < 4.78 is 68.2.